The molecular formula is C23H19BrN2O2. The maximum absolute atomic E-state index is 12.9. The molecule has 0 saturated heterocycles. The molecule has 1 amide bonds. The molecule has 0 bridgehead atoms. The van der Waals surface area contributed by atoms with Crippen molar-refractivity contribution in [1.29, 1.82) is 0 Å². The Kier molecular flexibility index (Phi) is 6.53. The molecular weight excluding hydrogens is 416 g/mol. The summed E-state index contributed by atoms with van der Waals surface area (Å²) in [7, 11) is 0. The number of nitrogens with one attached hydrogen (secondary N) is 1. The number of hydrazone groups is 1. The normalized spacial score (nSPS) is 12.1. The van der Waals surface area contributed by atoms with Gasteiger partial charge in [0.15, 0.2) is 5.60 Å². The number of nitrogens with zero attached hydrogens (tertiary/aromatic N) is 1. The predicted octanol–water partition coefficient (Wildman–Crippen LogP) is 4.46. The summed E-state index contributed by atoms with van der Waals surface area (Å²) in [4.78, 5) is 12.9. The summed E-state index contributed by atoms with van der Waals surface area (Å²) >= 11 is 3.40. The largest absolute Gasteiger partial charge is 0.372 e. The number of rotatable bonds is 6. The number of amides is 1. The monoisotopic (exact) mass is 434 g/mol. The molecule has 0 aliphatic carbocycles. The van der Waals surface area contributed by atoms with Crippen LogP contribution in [0.15, 0.2) is 101 Å². The summed E-state index contributed by atoms with van der Waals surface area (Å²) < 4.78 is 0.682. The molecule has 0 unspecified atom stereocenters. The summed E-state index contributed by atoms with van der Waals surface area (Å²) in [5.74, 6) is -0.638. The molecule has 3 aromatic rings. The Labute approximate surface area is 172 Å². The van der Waals surface area contributed by atoms with E-state index in [1.165, 1.54) is 6.21 Å². The van der Waals surface area contributed by atoms with E-state index in [4.69, 9.17) is 0 Å². The second-order valence-corrected chi connectivity index (χ2v) is 7.00. The predicted molar refractivity (Wildman–Crippen MR) is 116 cm³/mol. The van der Waals surface area contributed by atoms with Gasteiger partial charge in [0.2, 0.25) is 0 Å². The van der Waals surface area contributed by atoms with Crippen molar-refractivity contribution in [1.82, 2.24) is 5.43 Å². The highest BCUT2D eigenvalue weighted by atomic mass is 79.9. The highest BCUT2D eigenvalue weighted by Crippen LogP contribution is 2.29. The van der Waals surface area contributed by atoms with E-state index in [9.17, 15) is 9.90 Å². The number of aliphatic hydroxyl groups is 1. The van der Waals surface area contributed by atoms with Gasteiger partial charge in [0.25, 0.3) is 5.91 Å². The van der Waals surface area contributed by atoms with E-state index in [1.807, 2.05) is 48.5 Å². The van der Waals surface area contributed by atoms with Crippen LogP contribution in [0.3, 0.4) is 0 Å². The molecule has 3 rings (SSSR count). The number of allylic oxidation sites excluding steroid dienone is 1. The number of carbonyl (C=O) groups excluding carboxylic acids is 1. The lowest BCUT2D eigenvalue weighted by Gasteiger charge is -2.27. The second-order valence-electron chi connectivity index (χ2n) is 6.08. The first-order chi connectivity index (χ1) is 13.6. The Morgan fingerprint density at radius 2 is 1.32 bits per heavy atom. The van der Waals surface area contributed by atoms with E-state index in [1.54, 1.807) is 48.5 Å². The van der Waals surface area contributed by atoms with Gasteiger partial charge in [0, 0.05) is 4.48 Å². The van der Waals surface area contributed by atoms with Crippen LogP contribution in [-0.2, 0) is 10.4 Å². The van der Waals surface area contributed by atoms with Crippen molar-refractivity contribution in [3.63, 3.8) is 0 Å². The fraction of sp³-hybridized carbons (Fsp3) is 0.0435. The third kappa shape index (κ3) is 4.63. The van der Waals surface area contributed by atoms with Crippen LogP contribution >= 0.6 is 15.9 Å². The first-order valence-corrected chi connectivity index (χ1v) is 9.49. The molecule has 0 spiro atoms. The number of hydrogen-bond donors (Lipinski definition) is 2. The number of halogens is 1. The molecule has 0 fully saturated rings. The van der Waals surface area contributed by atoms with Crippen LogP contribution in [0, 0.1) is 0 Å². The molecule has 0 atom stereocenters. The van der Waals surface area contributed by atoms with Crippen molar-refractivity contribution in [3.8, 4) is 0 Å². The minimum absolute atomic E-state index is 0.466. The van der Waals surface area contributed by atoms with Gasteiger partial charge in [-0.1, -0.05) is 91.0 Å². The van der Waals surface area contributed by atoms with Gasteiger partial charge in [-0.05, 0) is 38.7 Å². The third-order valence-electron chi connectivity index (χ3n) is 4.17. The Balaban J connectivity index is 1.82. The van der Waals surface area contributed by atoms with Crippen molar-refractivity contribution < 1.29 is 9.90 Å². The highest BCUT2D eigenvalue weighted by molar-refractivity contribution is 9.12. The molecule has 0 saturated carbocycles. The van der Waals surface area contributed by atoms with E-state index in [0.29, 0.717) is 15.6 Å². The Bertz CT molecular complexity index is 932. The van der Waals surface area contributed by atoms with Crippen LogP contribution < -0.4 is 5.43 Å². The van der Waals surface area contributed by atoms with Crippen LogP contribution in [-0.4, -0.2) is 17.2 Å². The maximum Gasteiger partial charge on any atom is 0.281 e. The van der Waals surface area contributed by atoms with Gasteiger partial charge in [-0.3, -0.25) is 4.79 Å². The van der Waals surface area contributed by atoms with Gasteiger partial charge in [0.1, 0.15) is 0 Å². The first kappa shape index (κ1) is 19.7. The van der Waals surface area contributed by atoms with Crippen molar-refractivity contribution in [2.75, 3.05) is 0 Å². The van der Waals surface area contributed by atoms with Gasteiger partial charge in [-0.2, -0.15) is 5.10 Å². The van der Waals surface area contributed by atoms with Gasteiger partial charge in [0.05, 0.1) is 6.21 Å². The average molecular weight is 435 g/mol. The van der Waals surface area contributed by atoms with Crippen LogP contribution in [0.1, 0.15) is 16.7 Å². The zero-order chi connectivity index (χ0) is 19.8. The quantitative estimate of drug-likeness (QED) is 0.444. The highest BCUT2D eigenvalue weighted by Gasteiger charge is 2.39. The number of benzene rings is 3. The SMILES string of the molecule is O=C(NN=CC(Br)=Cc1ccccc1)C(O)(c1ccccc1)c1ccccc1. The van der Waals surface area contributed by atoms with Crippen LogP contribution in [0.5, 0.6) is 0 Å². The minimum atomic E-state index is -1.85. The molecule has 0 radical (unpaired) electrons. The molecule has 5 heteroatoms. The van der Waals surface area contributed by atoms with E-state index < -0.39 is 11.5 Å². The molecule has 0 aliphatic rings. The van der Waals surface area contributed by atoms with E-state index >= 15 is 0 Å². The lowest BCUT2D eigenvalue weighted by atomic mass is 9.85. The Morgan fingerprint density at radius 3 is 1.82 bits per heavy atom. The third-order valence-corrected chi connectivity index (χ3v) is 4.60. The molecule has 4 nitrogen and oxygen atoms in total. The zero-order valence-corrected chi connectivity index (χ0v) is 16.6. The van der Waals surface area contributed by atoms with Crippen molar-refractivity contribution >= 4 is 34.1 Å². The topological polar surface area (TPSA) is 61.7 Å². The number of carbonyl (C=O) groups is 1. The standard InChI is InChI=1S/C23H19BrN2O2/c24-21(16-18-10-4-1-5-11-18)17-25-26-22(27)23(28,19-12-6-2-7-13-19)20-14-8-3-9-15-20/h1-17,28H,(H,26,27). The molecule has 3 aromatic carbocycles. The summed E-state index contributed by atoms with van der Waals surface area (Å²) in [6, 6.07) is 27.3. The van der Waals surface area contributed by atoms with E-state index in [-0.39, 0.29) is 0 Å². The summed E-state index contributed by atoms with van der Waals surface area (Å²) in [5, 5.41) is 15.3. The lowest BCUT2D eigenvalue weighted by molar-refractivity contribution is -0.136. The van der Waals surface area contributed by atoms with Crippen LogP contribution in [0.25, 0.3) is 6.08 Å². The molecule has 0 aromatic heterocycles. The van der Waals surface area contributed by atoms with E-state index in [2.05, 4.69) is 26.5 Å². The average Bonchev–Trinajstić information content (AvgIpc) is 2.75. The Morgan fingerprint density at radius 1 is 0.857 bits per heavy atom. The smallest absolute Gasteiger partial charge is 0.281 e. The first-order valence-electron chi connectivity index (χ1n) is 8.70. The number of hydrogen-bond acceptors (Lipinski definition) is 3. The fourth-order valence-corrected chi connectivity index (χ4v) is 3.13. The van der Waals surface area contributed by atoms with Crippen molar-refractivity contribution in [2.45, 2.75) is 5.60 Å². The Hall–Kier alpha value is -3.02. The molecule has 2 N–H and O–H groups in total. The van der Waals surface area contributed by atoms with Crippen LogP contribution in [0.4, 0.5) is 0 Å². The van der Waals surface area contributed by atoms with Crippen molar-refractivity contribution in [3.05, 3.63) is 112 Å². The molecule has 0 heterocycles. The molecule has 0 aliphatic heterocycles. The summed E-state index contributed by atoms with van der Waals surface area (Å²) in [6.07, 6.45) is 3.34. The minimum Gasteiger partial charge on any atom is -0.372 e. The fourth-order valence-electron chi connectivity index (χ4n) is 2.77. The van der Waals surface area contributed by atoms with Crippen LogP contribution in [0.2, 0.25) is 0 Å². The summed E-state index contributed by atoms with van der Waals surface area (Å²) in [6.45, 7) is 0. The maximum atomic E-state index is 12.9. The summed E-state index contributed by atoms with van der Waals surface area (Å²) in [5.41, 5.74) is 2.52. The van der Waals surface area contributed by atoms with Gasteiger partial charge < -0.3 is 5.11 Å². The molecule has 28 heavy (non-hydrogen) atoms. The van der Waals surface area contributed by atoms with E-state index in [0.717, 1.165) is 5.56 Å². The van der Waals surface area contributed by atoms with Gasteiger partial charge in [-0.15, -0.1) is 0 Å². The molecule has 140 valence electrons. The van der Waals surface area contributed by atoms with Gasteiger partial charge in [-0.25, -0.2) is 5.43 Å². The lowest BCUT2D eigenvalue weighted by Crippen LogP contribution is -2.43. The van der Waals surface area contributed by atoms with Gasteiger partial charge >= 0.3 is 0 Å². The zero-order valence-electron chi connectivity index (χ0n) is 15.0. The van der Waals surface area contributed by atoms with Crippen molar-refractivity contribution in [2.24, 2.45) is 5.10 Å². The second kappa shape index (κ2) is 9.26.